The topological polar surface area (TPSA) is 60.0 Å². The Kier molecular flexibility index (Phi) is 7.83. The van der Waals surface area contributed by atoms with Gasteiger partial charge in [-0.05, 0) is 43.4 Å². The molecule has 1 unspecified atom stereocenters. The molecule has 1 aliphatic heterocycles. The molecular formula is C24H32FNO4. The normalized spacial score (nSPS) is 18.8. The molecular weight excluding hydrogens is 385 g/mol. The molecule has 2 aromatic carbocycles. The summed E-state index contributed by atoms with van der Waals surface area (Å²) in [6.45, 7) is 4.01. The summed E-state index contributed by atoms with van der Waals surface area (Å²) in [5, 5.41) is 15.4. The van der Waals surface area contributed by atoms with E-state index in [0.29, 0.717) is 60.6 Å². The van der Waals surface area contributed by atoms with Crippen molar-refractivity contribution >= 4 is 0 Å². The summed E-state index contributed by atoms with van der Waals surface area (Å²) in [7, 11) is 3.21. The van der Waals surface area contributed by atoms with Crippen molar-refractivity contribution in [3.63, 3.8) is 0 Å². The molecule has 0 bridgehead atoms. The Balaban J connectivity index is 2.19. The minimum Gasteiger partial charge on any atom is -0.496 e. The second kappa shape index (κ2) is 10.4. The number of nitrogens with one attached hydrogen (secondary N) is 1. The lowest BCUT2D eigenvalue weighted by Gasteiger charge is -2.41. The van der Waals surface area contributed by atoms with Crippen molar-refractivity contribution in [2.75, 3.05) is 40.5 Å². The van der Waals surface area contributed by atoms with Crippen molar-refractivity contribution in [2.24, 2.45) is 0 Å². The Morgan fingerprint density at radius 3 is 2.63 bits per heavy atom. The minimum absolute atomic E-state index is 0.351. The molecule has 6 heteroatoms. The highest BCUT2D eigenvalue weighted by molar-refractivity contribution is 5.73. The van der Waals surface area contributed by atoms with Gasteiger partial charge >= 0.3 is 0 Å². The summed E-state index contributed by atoms with van der Waals surface area (Å²) in [5.41, 5.74) is 0.568. The molecule has 2 atom stereocenters. The fourth-order valence-electron chi connectivity index (χ4n) is 4.19. The first kappa shape index (κ1) is 22.7. The van der Waals surface area contributed by atoms with Crippen LogP contribution in [-0.4, -0.2) is 51.7 Å². The molecule has 0 saturated carbocycles. The summed E-state index contributed by atoms with van der Waals surface area (Å²) < 4.78 is 32.4. The van der Waals surface area contributed by atoms with Gasteiger partial charge in [-0.2, -0.15) is 0 Å². The van der Waals surface area contributed by atoms with Gasteiger partial charge in [0.25, 0.3) is 0 Å². The zero-order chi connectivity index (χ0) is 21.6. The average Bonchev–Trinajstić information content (AvgIpc) is 2.79. The molecule has 0 aliphatic carbocycles. The molecule has 164 valence electrons. The van der Waals surface area contributed by atoms with Crippen LogP contribution in [0.15, 0.2) is 36.4 Å². The third-order valence-electron chi connectivity index (χ3n) is 5.74. The van der Waals surface area contributed by atoms with Crippen molar-refractivity contribution in [3.8, 4) is 16.9 Å². The highest BCUT2D eigenvalue weighted by Crippen LogP contribution is 2.46. The van der Waals surface area contributed by atoms with E-state index < -0.39 is 11.7 Å². The number of aliphatic hydroxyl groups is 1. The van der Waals surface area contributed by atoms with Crippen LogP contribution in [0, 0.1) is 12.7 Å². The maximum absolute atomic E-state index is 15.6. The van der Waals surface area contributed by atoms with Gasteiger partial charge in [0.2, 0.25) is 0 Å². The van der Waals surface area contributed by atoms with Crippen LogP contribution in [0.3, 0.4) is 0 Å². The van der Waals surface area contributed by atoms with E-state index in [1.807, 2.05) is 30.3 Å². The first-order valence-electron chi connectivity index (χ1n) is 10.5. The molecule has 1 saturated heterocycles. The standard InChI is InChI=1S/C24H32FNO4/c1-17-15-19(29-3)22(21(23(17)25)18-9-5-4-6-10-18)24(27,11-7-8-13-28-2)20-16-26-12-14-30-20/h4-6,9-10,15,20,26-27H,7-8,11-14,16H2,1-3H3/t20-,24?/m1/s1. The van der Waals surface area contributed by atoms with Gasteiger partial charge in [-0.1, -0.05) is 30.3 Å². The Morgan fingerprint density at radius 1 is 1.23 bits per heavy atom. The zero-order valence-corrected chi connectivity index (χ0v) is 18.0. The number of halogens is 1. The molecule has 1 heterocycles. The number of rotatable bonds is 9. The second-order valence-electron chi connectivity index (χ2n) is 7.76. The van der Waals surface area contributed by atoms with E-state index in [9.17, 15) is 5.11 Å². The second-order valence-corrected chi connectivity index (χ2v) is 7.76. The monoisotopic (exact) mass is 417 g/mol. The smallest absolute Gasteiger partial charge is 0.134 e. The predicted octanol–water partition coefficient (Wildman–Crippen LogP) is 3.80. The van der Waals surface area contributed by atoms with Crippen LogP contribution in [0.5, 0.6) is 5.75 Å². The van der Waals surface area contributed by atoms with E-state index in [1.165, 1.54) is 0 Å². The van der Waals surface area contributed by atoms with Gasteiger partial charge in [0, 0.05) is 37.9 Å². The van der Waals surface area contributed by atoms with E-state index in [4.69, 9.17) is 14.2 Å². The van der Waals surface area contributed by atoms with Gasteiger partial charge in [-0.3, -0.25) is 0 Å². The fourth-order valence-corrected chi connectivity index (χ4v) is 4.19. The summed E-state index contributed by atoms with van der Waals surface area (Å²) in [6, 6.07) is 11.0. The first-order chi connectivity index (χ1) is 14.5. The maximum Gasteiger partial charge on any atom is 0.134 e. The lowest BCUT2D eigenvalue weighted by atomic mass is 9.77. The molecule has 0 spiro atoms. The Hall–Kier alpha value is -1.99. The van der Waals surface area contributed by atoms with Crippen molar-refractivity contribution in [3.05, 3.63) is 53.3 Å². The number of aryl methyl sites for hydroxylation is 1. The molecule has 30 heavy (non-hydrogen) atoms. The lowest BCUT2D eigenvalue weighted by Crippen LogP contribution is -2.52. The number of hydrogen-bond acceptors (Lipinski definition) is 5. The van der Waals surface area contributed by atoms with Crippen LogP contribution < -0.4 is 10.1 Å². The first-order valence-corrected chi connectivity index (χ1v) is 10.5. The minimum atomic E-state index is -1.42. The Labute approximate surface area is 178 Å². The average molecular weight is 418 g/mol. The van der Waals surface area contributed by atoms with Gasteiger partial charge in [-0.25, -0.2) is 4.39 Å². The van der Waals surface area contributed by atoms with Crippen molar-refractivity contribution in [1.29, 1.82) is 0 Å². The van der Waals surface area contributed by atoms with E-state index >= 15 is 4.39 Å². The number of ether oxygens (including phenoxy) is 3. The number of methoxy groups -OCH3 is 2. The van der Waals surface area contributed by atoms with Gasteiger partial charge in [-0.15, -0.1) is 0 Å². The zero-order valence-electron chi connectivity index (χ0n) is 18.0. The maximum atomic E-state index is 15.6. The van der Waals surface area contributed by atoms with Gasteiger partial charge < -0.3 is 24.6 Å². The number of unbranched alkanes of at least 4 members (excludes halogenated alkanes) is 1. The molecule has 2 aromatic rings. The lowest BCUT2D eigenvalue weighted by molar-refractivity contribution is -0.130. The molecule has 3 rings (SSSR count). The molecule has 0 aromatic heterocycles. The van der Waals surface area contributed by atoms with E-state index in [2.05, 4.69) is 5.32 Å². The van der Waals surface area contributed by atoms with E-state index in [0.717, 1.165) is 13.0 Å². The quantitative estimate of drug-likeness (QED) is 0.608. The van der Waals surface area contributed by atoms with Crippen LogP contribution in [0.25, 0.3) is 11.1 Å². The number of benzene rings is 2. The Bertz CT molecular complexity index is 824. The third kappa shape index (κ3) is 4.67. The van der Waals surface area contributed by atoms with Crippen molar-refractivity contribution in [2.45, 2.75) is 37.9 Å². The van der Waals surface area contributed by atoms with Crippen LogP contribution in [0.4, 0.5) is 4.39 Å². The predicted molar refractivity (Wildman–Crippen MR) is 115 cm³/mol. The number of morpholine rings is 1. The highest BCUT2D eigenvalue weighted by atomic mass is 19.1. The van der Waals surface area contributed by atoms with Crippen LogP contribution >= 0.6 is 0 Å². The highest BCUT2D eigenvalue weighted by Gasteiger charge is 2.44. The van der Waals surface area contributed by atoms with Gasteiger partial charge in [0.05, 0.1) is 13.7 Å². The summed E-state index contributed by atoms with van der Waals surface area (Å²) in [5.74, 6) is 0.118. The van der Waals surface area contributed by atoms with E-state index in [1.54, 1.807) is 27.2 Å². The number of hydrogen-bond donors (Lipinski definition) is 2. The van der Waals surface area contributed by atoms with Crippen molar-refractivity contribution < 1.29 is 23.7 Å². The summed E-state index contributed by atoms with van der Waals surface area (Å²) >= 11 is 0. The third-order valence-corrected chi connectivity index (χ3v) is 5.74. The molecule has 5 nitrogen and oxygen atoms in total. The largest absolute Gasteiger partial charge is 0.496 e. The van der Waals surface area contributed by atoms with Crippen LogP contribution in [-0.2, 0) is 15.1 Å². The van der Waals surface area contributed by atoms with E-state index in [-0.39, 0.29) is 5.82 Å². The SMILES string of the molecule is COCCCCC(O)(c1c(OC)cc(C)c(F)c1-c1ccccc1)[C@H]1CNCCO1. The molecule has 1 fully saturated rings. The molecule has 1 aliphatic rings. The Morgan fingerprint density at radius 2 is 2.00 bits per heavy atom. The van der Waals surface area contributed by atoms with Crippen LogP contribution in [0.1, 0.15) is 30.4 Å². The molecule has 0 radical (unpaired) electrons. The summed E-state index contributed by atoms with van der Waals surface area (Å²) in [6.07, 6.45) is 1.38. The van der Waals surface area contributed by atoms with Gasteiger partial charge in [0.15, 0.2) is 0 Å². The van der Waals surface area contributed by atoms with Crippen molar-refractivity contribution in [1.82, 2.24) is 5.32 Å². The fraction of sp³-hybridized carbons (Fsp3) is 0.500. The molecule has 0 amide bonds. The molecule has 2 N–H and O–H groups in total. The summed E-state index contributed by atoms with van der Waals surface area (Å²) in [4.78, 5) is 0. The van der Waals surface area contributed by atoms with Gasteiger partial charge in [0.1, 0.15) is 23.3 Å². The van der Waals surface area contributed by atoms with Crippen LogP contribution in [0.2, 0.25) is 0 Å².